The van der Waals surface area contributed by atoms with Gasteiger partial charge in [-0.2, -0.15) is 0 Å². The van der Waals surface area contributed by atoms with Crippen molar-refractivity contribution >= 4 is 29.1 Å². The molecule has 3 nitrogen and oxygen atoms in total. The molecule has 1 fully saturated rings. The Bertz CT molecular complexity index is 489. The predicted octanol–water partition coefficient (Wildman–Crippen LogP) is 3.04. The van der Waals surface area contributed by atoms with Crippen molar-refractivity contribution in [2.45, 2.75) is 19.3 Å². The lowest BCUT2D eigenvalue weighted by atomic mass is 10.1. The summed E-state index contributed by atoms with van der Waals surface area (Å²) in [6.07, 6.45) is 5.57. The van der Waals surface area contributed by atoms with Crippen LogP contribution < -0.4 is 4.90 Å². The first kappa shape index (κ1) is 12.1. The Labute approximate surface area is 107 Å². The van der Waals surface area contributed by atoms with Gasteiger partial charge < -0.3 is 4.90 Å². The summed E-state index contributed by atoms with van der Waals surface area (Å²) in [6, 6.07) is 8.23. The molecule has 1 aromatic carbocycles. The zero-order chi connectivity index (χ0) is 10.8. The number of piperidine rings is 1. The maximum absolute atomic E-state index is 4.45. The van der Waals surface area contributed by atoms with Crippen LogP contribution >= 0.6 is 12.4 Å². The molecule has 1 saturated heterocycles. The molecule has 3 rings (SSSR count). The lowest BCUT2D eigenvalue weighted by Gasteiger charge is -2.28. The normalized spacial score (nSPS) is 15.6. The van der Waals surface area contributed by atoms with Crippen LogP contribution in [0.25, 0.3) is 10.9 Å². The van der Waals surface area contributed by atoms with E-state index < -0.39 is 0 Å². The van der Waals surface area contributed by atoms with Gasteiger partial charge in [-0.15, -0.1) is 12.4 Å². The van der Waals surface area contributed by atoms with E-state index in [1.54, 1.807) is 6.33 Å². The van der Waals surface area contributed by atoms with E-state index in [9.17, 15) is 0 Å². The molecule has 0 radical (unpaired) electrons. The highest BCUT2D eigenvalue weighted by Gasteiger charge is 2.14. The monoisotopic (exact) mass is 249 g/mol. The summed E-state index contributed by atoms with van der Waals surface area (Å²) in [5.74, 6) is 1.10. The number of fused-ring (bicyclic) bond motifs is 1. The van der Waals surface area contributed by atoms with Crippen molar-refractivity contribution in [3.63, 3.8) is 0 Å². The maximum Gasteiger partial charge on any atom is 0.139 e. The molecular formula is C13H16ClN3. The molecule has 0 bridgehead atoms. The number of halogens is 1. The highest BCUT2D eigenvalue weighted by Crippen LogP contribution is 2.24. The van der Waals surface area contributed by atoms with Gasteiger partial charge >= 0.3 is 0 Å². The van der Waals surface area contributed by atoms with Gasteiger partial charge in [-0.3, -0.25) is 0 Å². The highest BCUT2D eigenvalue weighted by atomic mass is 35.5. The molecule has 0 saturated carbocycles. The lowest BCUT2D eigenvalue weighted by molar-refractivity contribution is 0.574. The lowest BCUT2D eigenvalue weighted by Crippen LogP contribution is -2.30. The first-order chi connectivity index (χ1) is 7.95. The van der Waals surface area contributed by atoms with E-state index in [0.29, 0.717) is 0 Å². The minimum Gasteiger partial charge on any atom is -0.356 e. The van der Waals surface area contributed by atoms with E-state index in [2.05, 4.69) is 27.0 Å². The topological polar surface area (TPSA) is 29.0 Å². The van der Waals surface area contributed by atoms with E-state index in [4.69, 9.17) is 0 Å². The Morgan fingerprint density at radius 2 is 1.71 bits per heavy atom. The third-order valence-electron chi connectivity index (χ3n) is 3.18. The SMILES string of the molecule is Cl.c1ccc2c(N3CCCCC3)ncnc2c1. The number of benzene rings is 1. The van der Waals surface area contributed by atoms with E-state index >= 15 is 0 Å². The summed E-state index contributed by atoms with van der Waals surface area (Å²) in [5, 5.41) is 1.17. The van der Waals surface area contributed by atoms with Crippen LogP contribution in [-0.4, -0.2) is 23.1 Å². The maximum atomic E-state index is 4.45. The van der Waals surface area contributed by atoms with Gasteiger partial charge in [0, 0.05) is 18.5 Å². The Kier molecular flexibility index (Phi) is 3.79. The van der Waals surface area contributed by atoms with Crippen LogP contribution in [0.1, 0.15) is 19.3 Å². The van der Waals surface area contributed by atoms with Gasteiger partial charge in [-0.1, -0.05) is 12.1 Å². The zero-order valence-corrected chi connectivity index (χ0v) is 10.5. The Morgan fingerprint density at radius 3 is 2.53 bits per heavy atom. The fraction of sp³-hybridized carbons (Fsp3) is 0.385. The molecule has 1 aromatic heterocycles. The van der Waals surface area contributed by atoms with Crippen LogP contribution in [0.15, 0.2) is 30.6 Å². The molecule has 4 heteroatoms. The second kappa shape index (κ2) is 5.32. The summed E-state index contributed by atoms with van der Waals surface area (Å²) in [7, 11) is 0. The molecule has 0 amide bonds. The second-order valence-corrected chi connectivity index (χ2v) is 4.26. The smallest absolute Gasteiger partial charge is 0.139 e. The number of anilines is 1. The number of hydrogen-bond donors (Lipinski definition) is 0. The molecule has 0 aliphatic carbocycles. The van der Waals surface area contributed by atoms with E-state index in [-0.39, 0.29) is 12.4 Å². The van der Waals surface area contributed by atoms with Crippen LogP contribution in [0.2, 0.25) is 0 Å². The molecule has 90 valence electrons. The summed E-state index contributed by atoms with van der Waals surface area (Å²) in [6.45, 7) is 2.25. The van der Waals surface area contributed by atoms with Crippen molar-refractivity contribution in [2.75, 3.05) is 18.0 Å². The van der Waals surface area contributed by atoms with E-state index in [1.807, 2.05) is 12.1 Å². The molecule has 2 heterocycles. The quantitative estimate of drug-likeness (QED) is 0.778. The Hall–Kier alpha value is -1.35. The average Bonchev–Trinajstić information content (AvgIpc) is 2.39. The van der Waals surface area contributed by atoms with Crippen molar-refractivity contribution in [3.05, 3.63) is 30.6 Å². The largest absolute Gasteiger partial charge is 0.356 e. The molecule has 0 unspecified atom stereocenters. The van der Waals surface area contributed by atoms with Crippen LogP contribution in [0.5, 0.6) is 0 Å². The van der Waals surface area contributed by atoms with Gasteiger partial charge in [-0.05, 0) is 31.4 Å². The summed E-state index contributed by atoms with van der Waals surface area (Å²) < 4.78 is 0. The van der Waals surface area contributed by atoms with Crippen LogP contribution in [0, 0.1) is 0 Å². The second-order valence-electron chi connectivity index (χ2n) is 4.26. The van der Waals surface area contributed by atoms with Gasteiger partial charge in [0.15, 0.2) is 0 Å². The van der Waals surface area contributed by atoms with Crippen molar-refractivity contribution in [3.8, 4) is 0 Å². The minimum absolute atomic E-state index is 0. The van der Waals surface area contributed by atoms with Crippen molar-refractivity contribution in [1.82, 2.24) is 9.97 Å². The zero-order valence-electron chi connectivity index (χ0n) is 9.67. The van der Waals surface area contributed by atoms with Crippen LogP contribution in [0.3, 0.4) is 0 Å². The average molecular weight is 250 g/mol. The fourth-order valence-electron chi connectivity index (χ4n) is 2.35. The molecule has 2 aromatic rings. The predicted molar refractivity (Wildman–Crippen MR) is 72.9 cm³/mol. The first-order valence-electron chi connectivity index (χ1n) is 5.90. The van der Waals surface area contributed by atoms with E-state index in [1.165, 1.54) is 24.6 Å². The van der Waals surface area contributed by atoms with E-state index in [0.717, 1.165) is 24.4 Å². The van der Waals surface area contributed by atoms with Gasteiger partial charge in [-0.25, -0.2) is 9.97 Å². The van der Waals surface area contributed by atoms with Crippen LogP contribution in [-0.2, 0) is 0 Å². The fourth-order valence-corrected chi connectivity index (χ4v) is 2.35. The molecular weight excluding hydrogens is 234 g/mol. The van der Waals surface area contributed by atoms with Gasteiger partial charge in [0.2, 0.25) is 0 Å². The highest BCUT2D eigenvalue weighted by molar-refractivity contribution is 5.89. The van der Waals surface area contributed by atoms with Crippen molar-refractivity contribution < 1.29 is 0 Å². The van der Waals surface area contributed by atoms with Crippen LogP contribution in [0.4, 0.5) is 5.82 Å². The summed E-state index contributed by atoms with van der Waals surface area (Å²) in [5.41, 5.74) is 1.04. The van der Waals surface area contributed by atoms with Gasteiger partial charge in [0.25, 0.3) is 0 Å². The van der Waals surface area contributed by atoms with Crippen molar-refractivity contribution in [1.29, 1.82) is 0 Å². The Morgan fingerprint density at radius 1 is 0.941 bits per heavy atom. The first-order valence-corrected chi connectivity index (χ1v) is 5.90. The third kappa shape index (κ3) is 2.34. The standard InChI is InChI=1S/C13H15N3.ClH/c1-4-8-16(9-5-1)13-11-6-2-3-7-12(11)14-10-15-13;/h2-3,6-7,10H,1,4-5,8-9H2;1H. The summed E-state index contributed by atoms with van der Waals surface area (Å²) >= 11 is 0. The summed E-state index contributed by atoms with van der Waals surface area (Å²) in [4.78, 5) is 11.1. The number of nitrogens with zero attached hydrogens (tertiary/aromatic N) is 3. The number of rotatable bonds is 1. The molecule has 1 aliphatic rings. The Balaban J connectivity index is 0.00000108. The number of hydrogen-bond acceptors (Lipinski definition) is 3. The molecule has 0 atom stereocenters. The van der Waals surface area contributed by atoms with Gasteiger partial charge in [0.1, 0.15) is 12.1 Å². The number of aromatic nitrogens is 2. The third-order valence-corrected chi connectivity index (χ3v) is 3.18. The minimum atomic E-state index is 0. The molecule has 0 spiro atoms. The molecule has 1 aliphatic heterocycles. The molecule has 0 N–H and O–H groups in total. The van der Waals surface area contributed by atoms with Gasteiger partial charge in [0.05, 0.1) is 5.52 Å². The van der Waals surface area contributed by atoms with Crippen molar-refractivity contribution in [2.24, 2.45) is 0 Å². The molecule has 17 heavy (non-hydrogen) atoms. The number of para-hydroxylation sites is 1.